The summed E-state index contributed by atoms with van der Waals surface area (Å²) in [6.07, 6.45) is 5.61. The normalized spacial score (nSPS) is 30.9. The topological polar surface area (TPSA) is 81.3 Å². The third-order valence-electron chi connectivity index (χ3n) is 10.3. The molecule has 1 unspecified atom stereocenters. The summed E-state index contributed by atoms with van der Waals surface area (Å²) in [7, 11) is 0. The predicted molar refractivity (Wildman–Crippen MR) is 136 cm³/mol. The van der Waals surface area contributed by atoms with Gasteiger partial charge in [-0.2, -0.15) is 5.10 Å². The van der Waals surface area contributed by atoms with Crippen LogP contribution in [0, 0.1) is 0 Å². The zero-order valence-electron chi connectivity index (χ0n) is 21.5. The van der Waals surface area contributed by atoms with Crippen molar-refractivity contribution in [3.63, 3.8) is 0 Å². The molecule has 2 saturated heterocycles. The van der Waals surface area contributed by atoms with Crippen molar-refractivity contribution in [1.29, 1.82) is 0 Å². The van der Waals surface area contributed by atoms with Gasteiger partial charge in [0.25, 0.3) is 0 Å². The Balaban J connectivity index is 1.13. The van der Waals surface area contributed by atoms with E-state index in [0.717, 1.165) is 70.5 Å². The zero-order chi connectivity index (χ0) is 24.5. The number of alkyl halides is 1. The van der Waals surface area contributed by atoms with Gasteiger partial charge in [0.15, 0.2) is 0 Å². The third-order valence-corrected chi connectivity index (χ3v) is 10.3. The maximum Gasteiger partial charge on any atom is 0.207 e. The molecule has 35 heavy (non-hydrogen) atoms. The quantitative estimate of drug-likeness (QED) is 0.699. The molecular formula is C27H42FN7. The van der Waals surface area contributed by atoms with E-state index in [1.54, 1.807) is 6.20 Å². The van der Waals surface area contributed by atoms with Crippen molar-refractivity contribution in [2.45, 2.75) is 101 Å². The second-order valence-corrected chi connectivity index (χ2v) is 12.0. The monoisotopic (exact) mass is 483 g/mol. The number of fused-ring (bicyclic) bond motifs is 4. The van der Waals surface area contributed by atoms with Crippen LogP contribution in [0.25, 0.3) is 0 Å². The van der Waals surface area contributed by atoms with E-state index < -0.39 is 12.3 Å². The number of halogens is 1. The number of likely N-dealkylation sites (tertiary alicyclic amines) is 2. The van der Waals surface area contributed by atoms with Gasteiger partial charge in [0, 0.05) is 65.2 Å². The van der Waals surface area contributed by atoms with Crippen LogP contribution in [0.1, 0.15) is 69.8 Å². The van der Waals surface area contributed by atoms with Gasteiger partial charge in [-0.1, -0.05) is 0 Å². The number of rotatable bonds is 4. The predicted octanol–water partition coefficient (Wildman–Crippen LogP) is 2.54. The van der Waals surface area contributed by atoms with E-state index in [1.807, 2.05) is 6.07 Å². The zero-order valence-corrected chi connectivity index (χ0v) is 21.5. The van der Waals surface area contributed by atoms with Crippen molar-refractivity contribution in [2.24, 2.45) is 11.5 Å². The molecule has 4 atom stereocenters. The van der Waals surface area contributed by atoms with Gasteiger partial charge in [-0.15, -0.1) is 0 Å². The van der Waals surface area contributed by atoms with Gasteiger partial charge in [0.2, 0.25) is 6.30 Å². The Morgan fingerprint density at radius 2 is 1.60 bits per heavy atom. The summed E-state index contributed by atoms with van der Waals surface area (Å²) in [5, 5.41) is 4.20. The molecule has 4 N–H and O–H groups in total. The van der Waals surface area contributed by atoms with Gasteiger partial charge < -0.3 is 25.8 Å². The van der Waals surface area contributed by atoms with E-state index in [0.29, 0.717) is 12.1 Å². The van der Waals surface area contributed by atoms with Gasteiger partial charge in [0.05, 0.1) is 6.04 Å². The number of aromatic nitrogens is 3. The van der Waals surface area contributed by atoms with Gasteiger partial charge in [-0.05, 0) is 90.8 Å². The Labute approximate surface area is 208 Å². The van der Waals surface area contributed by atoms with Crippen LogP contribution in [0.4, 0.5) is 4.39 Å². The molecule has 0 saturated carbocycles. The van der Waals surface area contributed by atoms with Crippen LogP contribution >= 0.6 is 0 Å². The van der Waals surface area contributed by atoms with Crippen LogP contribution < -0.4 is 11.5 Å². The first-order valence-corrected chi connectivity index (χ1v) is 13.6. The first kappa shape index (κ1) is 23.6. The fourth-order valence-corrected chi connectivity index (χ4v) is 7.84. The molecule has 4 aliphatic heterocycles. The van der Waals surface area contributed by atoms with Crippen molar-refractivity contribution in [3.05, 3.63) is 41.5 Å². The summed E-state index contributed by atoms with van der Waals surface area (Å²) in [5.41, 5.74) is 16.9. The Hall–Kier alpha value is -1.74. The molecule has 0 aromatic carbocycles. The van der Waals surface area contributed by atoms with Crippen LogP contribution in [0.3, 0.4) is 0 Å². The first-order chi connectivity index (χ1) is 16.8. The van der Waals surface area contributed by atoms with Gasteiger partial charge >= 0.3 is 0 Å². The number of nitrogens with zero attached hydrogens (tertiary/aromatic N) is 5. The maximum atomic E-state index is 14.8. The summed E-state index contributed by atoms with van der Waals surface area (Å²) >= 11 is 0. The van der Waals surface area contributed by atoms with Crippen LogP contribution in [-0.2, 0) is 23.8 Å². The van der Waals surface area contributed by atoms with E-state index in [4.69, 9.17) is 11.5 Å². The van der Waals surface area contributed by atoms with E-state index in [-0.39, 0.29) is 16.9 Å². The summed E-state index contributed by atoms with van der Waals surface area (Å²) in [6.45, 7) is 12.0. The molecule has 192 valence electrons. The smallest absolute Gasteiger partial charge is 0.207 e. The van der Waals surface area contributed by atoms with Crippen LogP contribution in [0.2, 0.25) is 0 Å². The van der Waals surface area contributed by atoms with Crippen LogP contribution in [0.15, 0.2) is 24.4 Å². The van der Waals surface area contributed by atoms with E-state index in [1.165, 1.54) is 16.1 Å². The molecule has 8 heteroatoms. The number of hydrogen-bond donors (Lipinski definition) is 2. The minimum atomic E-state index is -1.21. The molecule has 4 aliphatic rings. The van der Waals surface area contributed by atoms with Gasteiger partial charge in [-0.3, -0.25) is 0 Å². The SMILES string of the molecule is CC(C)N1CCC2(CC1)c1ccc(C[C@H](C)N3CCC4(CC3)c3ccnn3C(F)[C@H]4N)n1C[C@H]2N. The molecule has 7 nitrogen and oxygen atoms in total. The second kappa shape index (κ2) is 8.40. The van der Waals surface area contributed by atoms with Crippen LogP contribution in [0.5, 0.6) is 0 Å². The van der Waals surface area contributed by atoms with E-state index in [2.05, 4.69) is 52.4 Å². The van der Waals surface area contributed by atoms with Crippen molar-refractivity contribution < 1.29 is 4.39 Å². The minimum Gasteiger partial charge on any atom is -0.346 e. The number of piperidine rings is 2. The fraction of sp³-hybridized carbons (Fsp3) is 0.741. The molecule has 2 aromatic heterocycles. The van der Waals surface area contributed by atoms with Crippen molar-refractivity contribution in [1.82, 2.24) is 24.1 Å². The second-order valence-electron chi connectivity index (χ2n) is 12.0. The Morgan fingerprint density at radius 1 is 0.943 bits per heavy atom. The molecule has 6 rings (SSSR count). The lowest BCUT2D eigenvalue weighted by atomic mass is 9.71. The summed E-state index contributed by atoms with van der Waals surface area (Å²) in [5.74, 6) is 0. The van der Waals surface area contributed by atoms with Crippen LogP contribution in [-0.4, -0.2) is 74.5 Å². The fourth-order valence-electron chi connectivity index (χ4n) is 7.84. The molecule has 0 bridgehead atoms. The molecule has 2 aromatic rings. The lowest BCUT2D eigenvalue weighted by molar-refractivity contribution is 0.0907. The lowest BCUT2D eigenvalue weighted by Gasteiger charge is -2.43. The highest BCUT2D eigenvalue weighted by Gasteiger charge is 2.53. The maximum absolute atomic E-state index is 14.8. The molecule has 6 heterocycles. The molecule has 2 spiro atoms. The summed E-state index contributed by atoms with van der Waals surface area (Å²) in [4.78, 5) is 5.15. The Morgan fingerprint density at radius 3 is 2.29 bits per heavy atom. The molecule has 0 amide bonds. The van der Waals surface area contributed by atoms with Crippen molar-refractivity contribution in [3.8, 4) is 0 Å². The van der Waals surface area contributed by atoms with E-state index >= 15 is 0 Å². The third kappa shape index (κ3) is 3.40. The average molecular weight is 484 g/mol. The summed E-state index contributed by atoms with van der Waals surface area (Å²) in [6, 6.07) is 7.41. The van der Waals surface area contributed by atoms with Gasteiger partial charge in [-0.25, -0.2) is 9.07 Å². The molecular weight excluding hydrogens is 441 g/mol. The lowest BCUT2D eigenvalue weighted by Crippen LogP contribution is -2.53. The molecule has 0 radical (unpaired) electrons. The highest BCUT2D eigenvalue weighted by atomic mass is 19.1. The minimum absolute atomic E-state index is 0.134. The standard InChI is InChI=1S/C27H42FN7/c1-18(2)32-12-7-26(8-13-32)21(29)17-34-20(4-5-22(26)34)16-19(3)33-14-9-27(10-15-33)23-6-11-31-35(23)25(28)24(27)30/h4-6,11,18-19,21,24-25H,7-10,12-17,29-30H2,1-3H3/t19-,21+,24+,25?/m0/s1. The highest BCUT2D eigenvalue weighted by Crippen LogP contribution is 2.48. The largest absolute Gasteiger partial charge is 0.346 e. The Kier molecular flexibility index (Phi) is 5.68. The summed E-state index contributed by atoms with van der Waals surface area (Å²) < 4.78 is 18.8. The van der Waals surface area contributed by atoms with Crippen molar-refractivity contribution in [2.75, 3.05) is 26.2 Å². The molecule has 0 aliphatic carbocycles. The molecule has 2 fully saturated rings. The van der Waals surface area contributed by atoms with Crippen molar-refractivity contribution >= 4 is 0 Å². The van der Waals surface area contributed by atoms with Gasteiger partial charge in [0.1, 0.15) is 0 Å². The first-order valence-electron chi connectivity index (χ1n) is 13.6. The Bertz CT molecular complexity index is 1060. The average Bonchev–Trinajstić information content (AvgIpc) is 3.59. The number of nitrogens with two attached hydrogens (primary N) is 2. The van der Waals surface area contributed by atoms with E-state index in [9.17, 15) is 4.39 Å². The number of hydrogen-bond acceptors (Lipinski definition) is 5. The highest BCUT2D eigenvalue weighted by molar-refractivity contribution is 5.33.